The summed E-state index contributed by atoms with van der Waals surface area (Å²) in [6, 6.07) is 1.86. The van der Waals surface area contributed by atoms with Gasteiger partial charge in [-0.05, 0) is 41.5 Å². The van der Waals surface area contributed by atoms with Gasteiger partial charge in [-0.1, -0.05) is 30.7 Å². The second kappa shape index (κ2) is 5.84. The Hall–Kier alpha value is -1.95. The normalized spacial score (nSPS) is 24.2. The number of nitrogens with zero attached hydrogens (tertiary/aromatic N) is 3. The highest BCUT2D eigenvalue weighted by molar-refractivity contribution is 7.12. The number of rotatable bonds is 5. The van der Waals surface area contributed by atoms with Gasteiger partial charge in [-0.25, -0.2) is 9.48 Å². The minimum absolute atomic E-state index is 0.280. The number of hydrogen-bond donors (Lipinski definition) is 0. The molecule has 5 nitrogen and oxygen atoms in total. The van der Waals surface area contributed by atoms with Gasteiger partial charge in [0.05, 0.1) is 24.7 Å². The number of aromatic nitrogens is 3. The van der Waals surface area contributed by atoms with E-state index >= 15 is 0 Å². The molecule has 0 radical (unpaired) electrons. The Morgan fingerprint density at radius 2 is 2.38 bits per heavy atom. The molecule has 1 saturated carbocycles. The summed E-state index contributed by atoms with van der Waals surface area (Å²) in [4.78, 5) is 13.0. The molecule has 24 heavy (non-hydrogen) atoms. The molecule has 0 N–H and O–H groups in total. The predicted molar refractivity (Wildman–Crippen MR) is 92.2 cm³/mol. The van der Waals surface area contributed by atoms with E-state index in [0.717, 1.165) is 18.0 Å². The van der Waals surface area contributed by atoms with Gasteiger partial charge < -0.3 is 4.74 Å². The van der Waals surface area contributed by atoms with Crippen LogP contribution in [0, 0.1) is 17.3 Å². The van der Waals surface area contributed by atoms with Crippen LogP contribution in [0.15, 0.2) is 35.5 Å². The summed E-state index contributed by atoms with van der Waals surface area (Å²) in [5.41, 5.74) is 2.61. The summed E-state index contributed by atoms with van der Waals surface area (Å²) < 4.78 is 7.12. The van der Waals surface area contributed by atoms with Crippen LogP contribution in [0.2, 0.25) is 0 Å². The Balaban J connectivity index is 1.37. The number of allylic oxidation sites excluding steroid dienone is 1. The molecule has 0 unspecified atom stereocenters. The van der Waals surface area contributed by atoms with Crippen molar-refractivity contribution in [2.24, 2.45) is 17.3 Å². The van der Waals surface area contributed by atoms with Crippen LogP contribution in [0.3, 0.4) is 0 Å². The first-order valence-electron chi connectivity index (χ1n) is 8.37. The Morgan fingerprint density at radius 1 is 1.50 bits per heavy atom. The molecule has 2 aromatic heterocycles. The number of carbonyl (C=O) groups excluding carboxylic acids is 1. The lowest BCUT2D eigenvalue weighted by Crippen LogP contribution is -2.48. The van der Waals surface area contributed by atoms with Crippen molar-refractivity contribution in [3.63, 3.8) is 0 Å². The monoisotopic (exact) mass is 343 g/mol. The standard InChI is InChI=1S/C18H21N3O2S/c1-18(2)13-4-3-12(14(18)11-13)5-9-23-17(22)16-15(6-10-24-16)21-8-7-19-20-21/h3,6-8,10,13-14H,4-5,9,11H2,1-2H3/t13-,14-/m0/s1. The van der Waals surface area contributed by atoms with E-state index in [1.54, 1.807) is 17.1 Å². The summed E-state index contributed by atoms with van der Waals surface area (Å²) >= 11 is 1.37. The largest absolute Gasteiger partial charge is 0.461 e. The molecule has 2 atom stereocenters. The van der Waals surface area contributed by atoms with Gasteiger partial charge >= 0.3 is 5.97 Å². The minimum Gasteiger partial charge on any atom is -0.461 e. The van der Waals surface area contributed by atoms with Crippen LogP contribution in [0.5, 0.6) is 0 Å². The number of fused-ring (bicyclic) bond motifs is 1. The third-order valence-electron chi connectivity index (χ3n) is 5.71. The number of esters is 1. The Labute approximate surface area is 145 Å². The van der Waals surface area contributed by atoms with Crippen molar-refractivity contribution < 1.29 is 9.53 Å². The lowest BCUT2D eigenvalue weighted by Gasteiger charge is -2.56. The highest BCUT2D eigenvalue weighted by Gasteiger charge is 2.50. The SMILES string of the molecule is CC1(C)[C@H]2CC=C(CCOC(=O)c3sccc3-n3ccnn3)[C@@H]1C2. The maximum absolute atomic E-state index is 12.4. The highest BCUT2D eigenvalue weighted by atomic mass is 32.1. The number of carbonyl (C=O) groups is 1. The van der Waals surface area contributed by atoms with Gasteiger partial charge in [-0.3, -0.25) is 0 Å². The molecule has 0 spiro atoms. The average Bonchev–Trinajstić information content (AvgIpc) is 3.25. The van der Waals surface area contributed by atoms with Crippen LogP contribution >= 0.6 is 11.3 Å². The fourth-order valence-corrected chi connectivity index (χ4v) is 4.83. The van der Waals surface area contributed by atoms with Crippen LogP contribution < -0.4 is 0 Å². The Morgan fingerprint density at radius 3 is 3.08 bits per heavy atom. The zero-order valence-corrected chi connectivity index (χ0v) is 14.8. The molecule has 0 aliphatic heterocycles. The summed E-state index contributed by atoms with van der Waals surface area (Å²) in [5, 5.41) is 9.60. The fourth-order valence-electron chi connectivity index (χ4n) is 4.06. The Kier molecular flexibility index (Phi) is 3.79. The van der Waals surface area contributed by atoms with Crippen molar-refractivity contribution in [3.05, 3.63) is 40.4 Å². The second-order valence-electron chi connectivity index (χ2n) is 7.19. The van der Waals surface area contributed by atoms with Gasteiger partial charge in [0, 0.05) is 6.42 Å². The van der Waals surface area contributed by atoms with Crippen LogP contribution in [-0.4, -0.2) is 27.6 Å². The zero-order chi connectivity index (χ0) is 16.7. The third kappa shape index (κ3) is 2.49. The molecule has 2 aromatic rings. The van der Waals surface area contributed by atoms with Crippen molar-refractivity contribution in [3.8, 4) is 5.69 Å². The van der Waals surface area contributed by atoms with E-state index in [-0.39, 0.29) is 5.97 Å². The molecule has 0 saturated heterocycles. The molecule has 2 heterocycles. The molecule has 3 aliphatic carbocycles. The fraction of sp³-hybridized carbons (Fsp3) is 0.500. The van der Waals surface area contributed by atoms with Gasteiger partial charge in [-0.2, -0.15) is 0 Å². The summed E-state index contributed by atoms with van der Waals surface area (Å²) in [6.07, 6.45) is 9.00. The topological polar surface area (TPSA) is 57.0 Å². The Bertz CT molecular complexity index is 776. The molecule has 1 fully saturated rings. The van der Waals surface area contributed by atoms with E-state index in [4.69, 9.17) is 4.74 Å². The molecule has 3 aliphatic rings. The first-order chi connectivity index (χ1) is 11.6. The lowest BCUT2D eigenvalue weighted by molar-refractivity contribution is -0.0103. The van der Waals surface area contributed by atoms with E-state index in [1.165, 1.54) is 29.8 Å². The third-order valence-corrected chi connectivity index (χ3v) is 6.59. The first kappa shape index (κ1) is 15.6. The van der Waals surface area contributed by atoms with Crippen molar-refractivity contribution in [2.75, 3.05) is 6.61 Å². The van der Waals surface area contributed by atoms with E-state index in [2.05, 4.69) is 30.2 Å². The van der Waals surface area contributed by atoms with E-state index in [9.17, 15) is 4.79 Å². The predicted octanol–water partition coefficient (Wildman–Crippen LogP) is 3.87. The lowest BCUT2D eigenvalue weighted by atomic mass is 9.48. The van der Waals surface area contributed by atoms with Crippen molar-refractivity contribution >= 4 is 17.3 Å². The highest BCUT2D eigenvalue weighted by Crippen LogP contribution is 2.59. The molecule has 0 amide bonds. The van der Waals surface area contributed by atoms with E-state index in [0.29, 0.717) is 22.8 Å². The number of ether oxygens (including phenoxy) is 1. The molecular formula is C18H21N3O2S. The maximum atomic E-state index is 12.4. The van der Waals surface area contributed by atoms with Crippen LogP contribution in [-0.2, 0) is 4.74 Å². The van der Waals surface area contributed by atoms with Gasteiger partial charge in [0.1, 0.15) is 4.88 Å². The molecule has 5 rings (SSSR count). The van der Waals surface area contributed by atoms with Crippen molar-refractivity contribution in [1.82, 2.24) is 15.0 Å². The summed E-state index contributed by atoms with van der Waals surface area (Å²) in [5.74, 6) is 1.23. The molecule has 2 bridgehead atoms. The van der Waals surface area contributed by atoms with Crippen LogP contribution in [0.1, 0.15) is 42.8 Å². The molecular weight excluding hydrogens is 322 g/mol. The first-order valence-corrected chi connectivity index (χ1v) is 9.25. The van der Waals surface area contributed by atoms with Crippen molar-refractivity contribution in [2.45, 2.75) is 33.1 Å². The summed E-state index contributed by atoms with van der Waals surface area (Å²) in [7, 11) is 0. The number of thiophene rings is 1. The van der Waals surface area contributed by atoms with Gasteiger partial charge in [0.25, 0.3) is 0 Å². The molecule has 0 aromatic carbocycles. The molecule has 126 valence electrons. The van der Waals surface area contributed by atoms with Crippen molar-refractivity contribution in [1.29, 1.82) is 0 Å². The van der Waals surface area contributed by atoms with E-state index < -0.39 is 0 Å². The molecule has 6 heteroatoms. The number of hydrogen-bond acceptors (Lipinski definition) is 5. The zero-order valence-electron chi connectivity index (χ0n) is 13.9. The van der Waals surface area contributed by atoms with E-state index in [1.807, 2.05) is 11.4 Å². The van der Waals surface area contributed by atoms with Crippen LogP contribution in [0.4, 0.5) is 0 Å². The summed E-state index contributed by atoms with van der Waals surface area (Å²) in [6.45, 7) is 5.17. The van der Waals surface area contributed by atoms with Crippen LogP contribution in [0.25, 0.3) is 5.69 Å². The maximum Gasteiger partial charge on any atom is 0.350 e. The smallest absolute Gasteiger partial charge is 0.350 e. The second-order valence-corrected chi connectivity index (χ2v) is 8.11. The van der Waals surface area contributed by atoms with Gasteiger partial charge in [0.2, 0.25) is 0 Å². The quantitative estimate of drug-likeness (QED) is 0.611. The minimum atomic E-state index is -0.280. The van der Waals surface area contributed by atoms with Gasteiger partial charge in [0.15, 0.2) is 0 Å². The average molecular weight is 343 g/mol. The van der Waals surface area contributed by atoms with Gasteiger partial charge in [-0.15, -0.1) is 16.4 Å².